The molecule has 0 fully saturated rings. The fourth-order valence-corrected chi connectivity index (χ4v) is 2.38. The van der Waals surface area contributed by atoms with Crippen LogP contribution in [0.4, 0.5) is 8.78 Å². The van der Waals surface area contributed by atoms with Crippen LogP contribution in [0.5, 0.6) is 0 Å². The van der Waals surface area contributed by atoms with Crippen molar-refractivity contribution in [1.29, 1.82) is 5.26 Å². The Balaban J connectivity index is 1.87. The predicted octanol–water partition coefficient (Wildman–Crippen LogP) is 5.21. The van der Waals surface area contributed by atoms with Gasteiger partial charge in [-0.15, -0.1) is 0 Å². The maximum atomic E-state index is 13.8. The third-order valence-electron chi connectivity index (χ3n) is 3.77. The van der Waals surface area contributed by atoms with Crippen molar-refractivity contribution in [1.82, 2.24) is 0 Å². The van der Waals surface area contributed by atoms with Gasteiger partial charge >= 0.3 is 0 Å². The van der Waals surface area contributed by atoms with E-state index in [4.69, 9.17) is 5.26 Å². The number of hydrogen-bond acceptors (Lipinski definition) is 1. The minimum absolute atomic E-state index is 0.0667. The Morgan fingerprint density at radius 1 is 0.720 bits per heavy atom. The van der Waals surface area contributed by atoms with E-state index in [1.807, 2.05) is 55.5 Å². The first kappa shape index (κ1) is 16.4. The molecular weight excluding hydrogens is 316 g/mol. The summed E-state index contributed by atoms with van der Waals surface area (Å²) in [5.74, 6) is 3.60. The summed E-state index contributed by atoms with van der Waals surface area (Å²) in [6.07, 6.45) is 0. The van der Waals surface area contributed by atoms with Gasteiger partial charge in [0, 0.05) is 5.56 Å². The summed E-state index contributed by atoms with van der Waals surface area (Å²) in [5.41, 5.74) is 3.58. The topological polar surface area (TPSA) is 23.8 Å². The molecule has 0 spiro atoms. The highest BCUT2D eigenvalue weighted by atomic mass is 19.1. The minimum Gasteiger partial charge on any atom is -0.205 e. The number of hydrogen-bond donors (Lipinski definition) is 0. The Kier molecular flexibility index (Phi) is 4.59. The van der Waals surface area contributed by atoms with E-state index in [1.54, 1.807) is 6.07 Å². The number of nitrogens with zero attached hydrogens (tertiary/aromatic N) is 1. The Labute approximate surface area is 145 Å². The molecule has 3 aromatic rings. The number of aryl methyl sites for hydroxylation is 1. The van der Waals surface area contributed by atoms with E-state index in [9.17, 15) is 8.78 Å². The van der Waals surface area contributed by atoms with Gasteiger partial charge in [-0.2, -0.15) is 5.26 Å². The molecule has 120 valence electrons. The molecule has 0 heterocycles. The summed E-state index contributed by atoms with van der Waals surface area (Å²) in [4.78, 5) is 0. The van der Waals surface area contributed by atoms with Gasteiger partial charge < -0.3 is 0 Å². The number of halogens is 2. The van der Waals surface area contributed by atoms with Gasteiger partial charge in [0.1, 0.15) is 11.6 Å². The van der Waals surface area contributed by atoms with Crippen molar-refractivity contribution in [3.63, 3.8) is 0 Å². The van der Waals surface area contributed by atoms with Crippen molar-refractivity contribution < 1.29 is 8.78 Å². The number of rotatable bonds is 1. The SMILES string of the molecule is Cc1ccc(-c2ccc(C#Cc3c(F)cc(C#N)cc3F)cc2)cc1. The lowest BCUT2D eigenvalue weighted by molar-refractivity contribution is 0.577. The summed E-state index contributed by atoms with van der Waals surface area (Å²) >= 11 is 0. The Bertz CT molecular complexity index is 992. The van der Waals surface area contributed by atoms with E-state index in [-0.39, 0.29) is 11.1 Å². The third kappa shape index (κ3) is 3.74. The van der Waals surface area contributed by atoms with Crippen LogP contribution in [-0.2, 0) is 0 Å². The van der Waals surface area contributed by atoms with Gasteiger partial charge in [0.2, 0.25) is 0 Å². The van der Waals surface area contributed by atoms with E-state index >= 15 is 0 Å². The molecular formula is C22H13F2N. The number of benzene rings is 3. The van der Waals surface area contributed by atoms with Crippen LogP contribution in [0.15, 0.2) is 60.7 Å². The van der Waals surface area contributed by atoms with Gasteiger partial charge in [-0.3, -0.25) is 0 Å². The molecule has 0 aromatic heterocycles. The van der Waals surface area contributed by atoms with Crippen molar-refractivity contribution in [2.24, 2.45) is 0 Å². The monoisotopic (exact) mass is 329 g/mol. The fraction of sp³-hybridized carbons (Fsp3) is 0.0455. The lowest BCUT2D eigenvalue weighted by atomic mass is 10.0. The zero-order valence-electron chi connectivity index (χ0n) is 13.5. The lowest BCUT2D eigenvalue weighted by Gasteiger charge is -2.02. The second-order valence-corrected chi connectivity index (χ2v) is 5.62. The molecule has 0 saturated carbocycles. The van der Waals surface area contributed by atoms with Crippen LogP contribution in [-0.4, -0.2) is 0 Å². The van der Waals surface area contributed by atoms with Crippen LogP contribution < -0.4 is 0 Å². The molecule has 0 radical (unpaired) electrons. The highest BCUT2D eigenvalue weighted by Gasteiger charge is 2.08. The maximum Gasteiger partial charge on any atom is 0.143 e. The van der Waals surface area contributed by atoms with Crippen molar-refractivity contribution in [2.75, 3.05) is 0 Å². The summed E-state index contributed by atoms with van der Waals surface area (Å²) in [6, 6.07) is 19.3. The summed E-state index contributed by atoms with van der Waals surface area (Å²) in [6.45, 7) is 2.03. The zero-order valence-corrected chi connectivity index (χ0v) is 13.5. The molecule has 3 aromatic carbocycles. The van der Waals surface area contributed by atoms with E-state index in [0.29, 0.717) is 5.56 Å². The molecule has 0 aliphatic rings. The Morgan fingerprint density at radius 3 is 1.76 bits per heavy atom. The first-order valence-corrected chi connectivity index (χ1v) is 7.65. The molecule has 0 bridgehead atoms. The van der Waals surface area contributed by atoms with Gasteiger partial charge in [0.15, 0.2) is 0 Å². The van der Waals surface area contributed by atoms with Gasteiger partial charge in [0.25, 0.3) is 0 Å². The van der Waals surface area contributed by atoms with E-state index < -0.39 is 11.6 Å². The molecule has 0 atom stereocenters. The van der Waals surface area contributed by atoms with Gasteiger partial charge in [-0.1, -0.05) is 53.8 Å². The molecule has 0 aliphatic carbocycles. The summed E-state index contributed by atoms with van der Waals surface area (Å²) < 4.78 is 27.7. The van der Waals surface area contributed by atoms with Crippen LogP contribution in [0.2, 0.25) is 0 Å². The zero-order chi connectivity index (χ0) is 17.8. The third-order valence-corrected chi connectivity index (χ3v) is 3.77. The molecule has 0 N–H and O–H groups in total. The van der Waals surface area contributed by atoms with Crippen LogP contribution >= 0.6 is 0 Å². The molecule has 3 rings (SSSR count). The quantitative estimate of drug-likeness (QED) is 0.562. The van der Waals surface area contributed by atoms with Crippen molar-refractivity contribution in [3.8, 4) is 29.0 Å². The van der Waals surface area contributed by atoms with Gasteiger partial charge in [0.05, 0.1) is 17.2 Å². The fourth-order valence-electron chi connectivity index (χ4n) is 2.38. The van der Waals surface area contributed by atoms with Crippen LogP contribution in [0.3, 0.4) is 0 Å². The van der Waals surface area contributed by atoms with Gasteiger partial charge in [-0.05, 0) is 42.3 Å². The maximum absolute atomic E-state index is 13.8. The molecule has 1 nitrogen and oxygen atoms in total. The van der Waals surface area contributed by atoms with Crippen LogP contribution in [0.1, 0.15) is 22.3 Å². The second kappa shape index (κ2) is 6.99. The first-order chi connectivity index (χ1) is 12.1. The van der Waals surface area contributed by atoms with Crippen molar-refractivity contribution >= 4 is 0 Å². The smallest absolute Gasteiger partial charge is 0.143 e. The Morgan fingerprint density at radius 2 is 1.24 bits per heavy atom. The largest absolute Gasteiger partial charge is 0.205 e. The molecule has 0 unspecified atom stereocenters. The Hall–Kier alpha value is -3.43. The minimum atomic E-state index is -0.833. The molecule has 0 saturated heterocycles. The van der Waals surface area contributed by atoms with Gasteiger partial charge in [-0.25, -0.2) is 8.78 Å². The van der Waals surface area contributed by atoms with Crippen LogP contribution in [0.25, 0.3) is 11.1 Å². The standard InChI is InChI=1S/C22H13F2N/c1-15-2-7-18(8-3-15)19-9-4-16(5-10-19)6-11-20-21(23)12-17(14-25)13-22(20)24/h2-5,7-10,12-13H,1H3. The van der Waals surface area contributed by atoms with Crippen molar-refractivity contribution in [2.45, 2.75) is 6.92 Å². The molecule has 0 amide bonds. The summed E-state index contributed by atoms with van der Waals surface area (Å²) in [7, 11) is 0. The first-order valence-electron chi connectivity index (χ1n) is 7.65. The van der Waals surface area contributed by atoms with E-state index in [1.165, 1.54) is 5.56 Å². The average molecular weight is 329 g/mol. The molecule has 3 heteroatoms. The highest BCUT2D eigenvalue weighted by molar-refractivity contribution is 5.64. The second-order valence-electron chi connectivity index (χ2n) is 5.62. The molecule has 25 heavy (non-hydrogen) atoms. The summed E-state index contributed by atoms with van der Waals surface area (Å²) in [5, 5.41) is 8.70. The average Bonchev–Trinajstić information content (AvgIpc) is 2.62. The molecule has 0 aliphatic heterocycles. The van der Waals surface area contributed by atoms with E-state index in [0.717, 1.165) is 23.3 Å². The van der Waals surface area contributed by atoms with Crippen molar-refractivity contribution in [3.05, 3.63) is 94.6 Å². The highest BCUT2D eigenvalue weighted by Crippen LogP contribution is 2.20. The lowest BCUT2D eigenvalue weighted by Crippen LogP contribution is -1.92. The predicted molar refractivity (Wildman–Crippen MR) is 93.7 cm³/mol. The normalized spacial score (nSPS) is 9.84. The van der Waals surface area contributed by atoms with Crippen LogP contribution in [0, 0.1) is 41.7 Å². The number of nitriles is 1. The van der Waals surface area contributed by atoms with E-state index in [2.05, 4.69) is 11.8 Å².